The van der Waals surface area contributed by atoms with Crippen molar-refractivity contribution in [2.45, 2.75) is 63.7 Å². The number of benzene rings is 1. The number of allylic oxidation sites excluding steroid dienone is 3. The van der Waals surface area contributed by atoms with Crippen molar-refractivity contribution in [3.63, 3.8) is 0 Å². The van der Waals surface area contributed by atoms with Crippen LogP contribution in [0.1, 0.15) is 58.9 Å². The number of hydrogen-bond acceptors (Lipinski definition) is 7. The summed E-state index contributed by atoms with van der Waals surface area (Å²) in [6.45, 7) is 4.59. The fourth-order valence-corrected chi connectivity index (χ4v) is 6.20. The van der Waals surface area contributed by atoms with Gasteiger partial charge >= 0.3 is 12.4 Å². The van der Waals surface area contributed by atoms with E-state index in [1.54, 1.807) is 0 Å². The van der Waals surface area contributed by atoms with Gasteiger partial charge in [0.2, 0.25) is 0 Å². The molecule has 16 heteroatoms. The molecule has 3 aromatic rings. The highest BCUT2D eigenvalue weighted by Crippen LogP contribution is 2.39. The average molecular weight is 707 g/mol. The highest BCUT2D eigenvalue weighted by molar-refractivity contribution is 7.08. The zero-order valence-corrected chi connectivity index (χ0v) is 26.7. The largest absolute Gasteiger partial charge is 0.417 e. The first-order chi connectivity index (χ1) is 23.0. The summed E-state index contributed by atoms with van der Waals surface area (Å²) < 4.78 is 95.3. The van der Waals surface area contributed by atoms with Crippen molar-refractivity contribution in [3.8, 4) is 11.4 Å². The molecule has 258 valence electrons. The van der Waals surface area contributed by atoms with Gasteiger partial charge in [-0.1, -0.05) is 24.8 Å². The number of thiophene rings is 1. The summed E-state index contributed by atoms with van der Waals surface area (Å²) in [4.78, 5) is 42.6. The number of nitrogens with zero attached hydrogens (tertiary/aromatic N) is 5. The van der Waals surface area contributed by atoms with Crippen molar-refractivity contribution in [1.82, 2.24) is 19.8 Å². The lowest BCUT2D eigenvalue weighted by atomic mass is 9.84. The third-order valence-electron chi connectivity index (χ3n) is 8.11. The summed E-state index contributed by atoms with van der Waals surface area (Å²) in [7, 11) is 0. The van der Waals surface area contributed by atoms with Crippen LogP contribution in [-0.4, -0.2) is 49.3 Å². The van der Waals surface area contributed by atoms with Gasteiger partial charge in [0.05, 0.1) is 29.9 Å². The normalized spacial score (nSPS) is 18.4. The Morgan fingerprint density at radius 1 is 1.14 bits per heavy atom. The second kappa shape index (κ2) is 13.6. The fraction of sp³-hybridized carbons (Fsp3) is 0.303. The summed E-state index contributed by atoms with van der Waals surface area (Å²) in [5, 5.41) is 3.68. The maximum atomic E-state index is 14.2. The molecule has 2 amide bonds. The molecule has 0 bridgehead atoms. The number of aromatic nitrogens is 2. The molecule has 0 fully saturated rings. The molecule has 0 unspecified atom stereocenters. The lowest BCUT2D eigenvalue weighted by molar-refractivity contribution is -0.138. The number of aliphatic imine (C=N–C) groups is 1. The number of carbonyl (C=O) groups excluding carboxylic acids is 2. The molecular weight excluding hydrogens is 677 g/mol. The van der Waals surface area contributed by atoms with E-state index in [0.717, 1.165) is 40.8 Å². The topological polar surface area (TPSA) is 105 Å². The minimum atomic E-state index is -4.91. The van der Waals surface area contributed by atoms with Crippen LogP contribution in [0.15, 0.2) is 82.4 Å². The second-order valence-electron chi connectivity index (χ2n) is 11.4. The van der Waals surface area contributed by atoms with Crippen LogP contribution in [0.2, 0.25) is 0 Å². The van der Waals surface area contributed by atoms with E-state index in [2.05, 4.69) is 21.5 Å². The lowest BCUT2D eigenvalue weighted by Crippen LogP contribution is -2.44. The minimum absolute atomic E-state index is 0.0340. The SMILES string of the molecule is C=C(/C=C\C(F)=C/C)[C@@]1(CCCC(F)(F)F)N=C(N)N(Cc2ccc(C(F)(F)F)c(C(=O)N3Cc4cnc(-c5ccsc5)nc4C3)c2)C1=O. The fourth-order valence-electron chi connectivity index (χ4n) is 5.57. The van der Waals surface area contributed by atoms with Gasteiger partial charge in [0.25, 0.3) is 11.8 Å². The van der Waals surface area contributed by atoms with Gasteiger partial charge in [0.1, 0.15) is 5.83 Å². The quantitative estimate of drug-likeness (QED) is 0.174. The molecule has 0 saturated heterocycles. The van der Waals surface area contributed by atoms with E-state index in [0.29, 0.717) is 23.1 Å². The maximum Gasteiger partial charge on any atom is 0.417 e. The standard InChI is InChI=1S/C33H29F7N6O2S/c1-3-23(34)7-5-19(2)31(10-4-11-32(35,36)37)29(48)46(30(41)44-31)15-20-6-8-25(33(38,39)40)24(13-20)28(47)45-16-22-14-42-27(43-26(22)17-45)21-9-12-49-18-21/h3,5-9,12-14,18H,2,4,10-11,15-17H2,1H3,(H2,41,44)/b7-5-,23-3+/t31-/m1/s1. The first-order valence-electron chi connectivity index (χ1n) is 14.8. The second-order valence-corrected chi connectivity index (χ2v) is 12.2. The Morgan fingerprint density at radius 3 is 2.55 bits per heavy atom. The Hall–Kier alpha value is -4.86. The number of amides is 2. The van der Waals surface area contributed by atoms with E-state index in [9.17, 15) is 40.3 Å². The number of halogens is 7. The van der Waals surface area contributed by atoms with Crippen LogP contribution in [0.25, 0.3) is 11.4 Å². The maximum absolute atomic E-state index is 14.2. The molecule has 0 spiro atoms. The van der Waals surface area contributed by atoms with Crippen LogP contribution in [0.5, 0.6) is 0 Å². The number of nitrogens with two attached hydrogens (primary N) is 1. The molecule has 2 aromatic heterocycles. The Bertz CT molecular complexity index is 1870. The summed E-state index contributed by atoms with van der Waals surface area (Å²) in [6.07, 6.45) is -7.00. The van der Waals surface area contributed by atoms with E-state index in [4.69, 9.17) is 5.73 Å². The van der Waals surface area contributed by atoms with Crippen molar-refractivity contribution < 1.29 is 40.3 Å². The van der Waals surface area contributed by atoms with Crippen LogP contribution in [-0.2, 0) is 30.6 Å². The molecule has 0 aliphatic carbocycles. The number of hydrogen-bond donors (Lipinski definition) is 1. The van der Waals surface area contributed by atoms with Gasteiger partial charge in [-0.3, -0.25) is 14.5 Å². The Morgan fingerprint density at radius 2 is 1.90 bits per heavy atom. The van der Waals surface area contributed by atoms with E-state index in [1.807, 2.05) is 16.8 Å². The minimum Gasteiger partial charge on any atom is -0.369 e. The van der Waals surface area contributed by atoms with Crippen LogP contribution < -0.4 is 5.73 Å². The molecule has 5 rings (SSSR count). The van der Waals surface area contributed by atoms with Crippen LogP contribution in [0.4, 0.5) is 30.7 Å². The molecule has 8 nitrogen and oxygen atoms in total. The predicted molar refractivity (Wildman–Crippen MR) is 168 cm³/mol. The van der Waals surface area contributed by atoms with Crippen LogP contribution >= 0.6 is 11.3 Å². The molecule has 1 atom stereocenters. The zero-order chi connectivity index (χ0) is 35.7. The molecule has 0 radical (unpaired) electrons. The highest BCUT2D eigenvalue weighted by atomic mass is 32.1. The van der Waals surface area contributed by atoms with Crippen LogP contribution in [0, 0.1) is 0 Å². The average Bonchev–Trinajstić information content (AvgIpc) is 3.78. The van der Waals surface area contributed by atoms with Crippen LogP contribution in [0.3, 0.4) is 0 Å². The summed E-state index contributed by atoms with van der Waals surface area (Å²) in [6, 6.07) is 4.59. The predicted octanol–water partition coefficient (Wildman–Crippen LogP) is 7.49. The Labute approximate surface area is 280 Å². The van der Waals surface area contributed by atoms with Gasteiger partial charge in [0.15, 0.2) is 17.3 Å². The van der Waals surface area contributed by atoms with Gasteiger partial charge in [-0.25, -0.2) is 19.4 Å². The molecule has 2 aliphatic rings. The third-order valence-corrected chi connectivity index (χ3v) is 8.80. The zero-order valence-electron chi connectivity index (χ0n) is 25.9. The van der Waals surface area contributed by atoms with E-state index < -0.39 is 78.4 Å². The smallest absolute Gasteiger partial charge is 0.369 e. The Balaban J connectivity index is 1.42. The first-order valence-corrected chi connectivity index (χ1v) is 15.8. The number of rotatable bonds is 10. The molecule has 2 aliphatic heterocycles. The summed E-state index contributed by atoms with van der Waals surface area (Å²) in [5.41, 5.74) is 3.93. The molecule has 49 heavy (non-hydrogen) atoms. The van der Waals surface area contributed by atoms with Crippen molar-refractivity contribution in [2.75, 3.05) is 0 Å². The van der Waals surface area contributed by atoms with Gasteiger partial charge in [0, 0.05) is 35.7 Å². The molecule has 2 N–H and O–H groups in total. The van der Waals surface area contributed by atoms with Crippen molar-refractivity contribution >= 4 is 29.1 Å². The van der Waals surface area contributed by atoms with Crippen molar-refractivity contribution in [1.29, 1.82) is 0 Å². The monoisotopic (exact) mass is 706 g/mol. The third kappa shape index (κ3) is 7.58. The number of alkyl halides is 6. The number of carbonyl (C=O) groups is 2. The van der Waals surface area contributed by atoms with E-state index in [1.165, 1.54) is 29.4 Å². The number of fused-ring (bicyclic) bond motifs is 1. The number of guanidine groups is 1. The van der Waals surface area contributed by atoms with Gasteiger partial charge in [-0.15, -0.1) is 0 Å². The van der Waals surface area contributed by atoms with E-state index in [-0.39, 0.29) is 24.2 Å². The Kier molecular flexibility index (Phi) is 9.82. The van der Waals surface area contributed by atoms with Gasteiger partial charge < -0.3 is 10.6 Å². The van der Waals surface area contributed by atoms with Gasteiger partial charge in [-0.2, -0.15) is 37.7 Å². The highest BCUT2D eigenvalue weighted by Gasteiger charge is 2.49. The summed E-state index contributed by atoms with van der Waals surface area (Å²) in [5.74, 6) is -2.55. The van der Waals surface area contributed by atoms with Gasteiger partial charge in [-0.05, 0) is 60.6 Å². The first kappa shape index (κ1) is 35.4. The van der Waals surface area contributed by atoms with Crippen molar-refractivity contribution in [2.24, 2.45) is 10.7 Å². The van der Waals surface area contributed by atoms with E-state index >= 15 is 0 Å². The molecular formula is C33H29F7N6O2S. The molecule has 0 saturated carbocycles. The molecule has 4 heterocycles. The molecule has 1 aromatic carbocycles. The lowest BCUT2D eigenvalue weighted by Gasteiger charge is -2.27. The summed E-state index contributed by atoms with van der Waals surface area (Å²) >= 11 is 1.44. The van der Waals surface area contributed by atoms with Crippen molar-refractivity contribution in [3.05, 3.63) is 105 Å².